The van der Waals surface area contributed by atoms with Crippen molar-refractivity contribution < 1.29 is 18.0 Å². The second-order valence-corrected chi connectivity index (χ2v) is 9.65. The summed E-state index contributed by atoms with van der Waals surface area (Å²) >= 11 is 2.06. The maximum Gasteiger partial charge on any atom is 0.223 e. The van der Waals surface area contributed by atoms with Crippen molar-refractivity contribution in [2.75, 3.05) is 0 Å². The largest absolute Gasteiger partial charge is 0.424 e. The Labute approximate surface area is 183 Å². The van der Waals surface area contributed by atoms with Gasteiger partial charge in [-0.15, -0.1) is 32.9 Å². The van der Waals surface area contributed by atoms with E-state index in [4.69, 9.17) is 9.68 Å². The fourth-order valence-corrected chi connectivity index (χ4v) is 5.12. The molecule has 0 bridgehead atoms. The van der Waals surface area contributed by atoms with Crippen molar-refractivity contribution >= 4 is 38.7 Å². The molecule has 156 valence electrons. The molecule has 1 aliphatic carbocycles. The number of fused-ring (bicyclic) bond motifs is 1. The van der Waals surface area contributed by atoms with Crippen LogP contribution in [0.4, 0.5) is 8.78 Å². The molecule has 5 rings (SSSR count). The summed E-state index contributed by atoms with van der Waals surface area (Å²) in [5.74, 6) is -0.0625. The zero-order valence-corrected chi connectivity index (χ0v) is 17.7. The molecule has 1 aromatic carbocycles. The number of nitrogens with zero attached hydrogens (tertiary/aromatic N) is 4. The van der Waals surface area contributed by atoms with Crippen molar-refractivity contribution in [1.29, 1.82) is 5.26 Å². The van der Waals surface area contributed by atoms with E-state index in [9.17, 15) is 13.6 Å². The van der Waals surface area contributed by atoms with Crippen LogP contribution in [0.2, 0.25) is 0 Å². The number of hydrogen-bond acceptors (Lipinski definition) is 8. The third-order valence-corrected chi connectivity index (χ3v) is 7.14. The van der Waals surface area contributed by atoms with E-state index in [1.165, 1.54) is 17.4 Å². The molecule has 10 heteroatoms. The van der Waals surface area contributed by atoms with Gasteiger partial charge in [-0.25, -0.2) is 9.37 Å². The monoisotopic (exact) mass is 456 g/mol. The number of thiophene rings is 1. The number of rotatable bonds is 7. The van der Waals surface area contributed by atoms with E-state index in [1.54, 1.807) is 18.2 Å². The smallest absolute Gasteiger partial charge is 0.223 e. The number of thiazole rings is 1. The van der Waals surface area contributed by atoms with Gasteiger partial charge < -0.3 is 4.42 Å². The molecular formula is C21H14F2N4O2S2. The normalized spacial score (nSPS) is 14.6. The van der Waals surface area contributed by atoms with Crippen LogP contribution in [0.5, 0.6) is 0 Å². The Morgan fingerprint density at radius 3 is 2.68 bits per heavy atom. The number of benzene rings is 1. The summed E-state index contributed by atoms with van der Waals surface area (Å²) < 4.78 is 34.2. The fraction of sp³-hybridized carbons (Fsp3) is 0.286. The highest BCUT2D eigenvalue weighted by Gasteiger charge is 2.44. The van der Waals surface area contributed by atoms with Crippen LogP contribution in [0.15, 0.2) is 28.7 Å². The first-order valence-electron chi connectivity index (χ1n) is 9.52. The van der Waals surface area contributed by atoms with E-state index < -0.39 is 11.2 Å². The third-order valence-electron chi connectivity index (χ3n) is 5.17. The lowest BCUT2D eigenvalue weighted by molar-refractivity contribution is -0.119. The van der Waals surface area contributed by atoms with Crippen molar-refractivity contribution in [2.24, 2.45) is 5.41 Å². The minimum atomic E-state index is -0.501. The zero-order valence-electron chi connectivity index (χ0n) is 16.0. The molecule has 0 saturated heterocycles. The van der Waals surface area contributed by atoms with Gasteiger partial charge in [-0.1, -0.05) is 0 Å². The molecule has 4 aromatic rings. The van der Waals surface area contributed by atoms with E-state index in [-0.39, 0.29) is 42.0 Å². The molecule has 31 heavy (non-hydrogen) atoms. The van der Waals surface area contributed by atoms with Crippen LogP contribution >= 0.6 is 22.7 Å². The Morgan fingerprint density at radius 1 is 1.16 bits per heavy atom. The lowest BCUT2D eigenvalue weighted by Gasteiger charge is -2.01. The zero-order chi connectivity index (χ0) is 21.6. The van der Waals surface area contributed by atoms with Gasteiger partial charge >= 0.3 is 0 Å². The number of Topliss-reactive ketones (excluding diaryl/α,β-unsaturated/α-hetero) is 1. The molecule has 0 unspecified atom stereocenters. The molecule has 3 heterocycles. The van der Waals surface area contributed by atoms with E-state index in [0.29, 0.717) is 25.7 Å². The van der Waals surface area contributed by atoms with Gasteiger partial charge in [-0.05, 0) is 37.1 Å². The maximum atomic E-state index is 15.0. The predicted molar refractivity (Wildman–Crippen MR) is 111 cm³/mol. The highest BCUT2D eigenvalue weighted by molar-refractivity contribution is 7.18. The van der Waals surface area contributed by atoms with Gasteiger partial charge in [0.05, 0.1) is 34.5 Å². The molecular weight excluding hydrogens is 442 g/mol. The Bertz CT molecular complexity index is 1350. The van der Waals surface area contributed by atoms with Crippen LogP contribution in [-0.4, -0.2) is 21.0 Å². The molecule has 0 spiro atoms. The molecule has 6 nitrogen and oxygen atoms in total. The average molecular weight is 456 g/mol. The summed E-state index contributed by atoms with van der Waals surface area (Å²) in [7, 11) is 0. The van der Waals surface area contributed by atoms with Crippen LogP contribution in [0.3, 0.4) is 0 Å². The molecule has 0 radical (unpaired) electrons. The summed E-state index contributed by atoms with van der Waals surface area (Å²) in [6.45, 7) is 0. The van der Waals surface area contributed by atoms with Gasteiger partial charge in [0, 0.05) is 16.9 Å². The van der Waals surface area contributed by atoms with E-state index >= 15 is 0 Å². The minimum Gasteiger partial charge on any atom is -0.424 e. The van der Waals surface area contributed by atoms with Crippen LogP contribution in [0.1, 0.15) is 36.1 Å². The van der Waals surface area contributed by atoms with E-state index in [0.717, 1.165) is 24.2 Å². The highest BCUT2D eigenvalue weighted by atomic mass is 32.1. The Hall–Kier alpha value is -3.03. The van der Waals surface area contributed by atoms with Gasteiger partial charge in [0.2, 0.25) is 11.8 Å². The van der Waals surface area contributed by atoms with Crippen LogP contribution in [0, 0.1) is 27.7 Å². The second-order valence-electron chi connectivity index (χ2n) is 7.54. The summed E-state index contributed by atoms with van der Waals surface area (Å²) in [6, 6.07) is 8.35. The van der Waals surface area contributed by atoms with Gasteiger partial charge in [-0.3, -0.25) is 4.79 Å². The molecule has 1 saturated carbocycles. The lowest BCUT2D eigenvalue weighted by atomic mass is 10.00. The second kappa shape index (κ2) is 7.59. The highest BCUT2D eigenvalue weighted by Crippen LogP contribution is 2.48. The molecule has 1 fully saturated rings. The van der Waals surface area contributed by atoms with Crippen molar-refractivity contribution in [3.8, 4) is 16.5 Å². The number of ketones is 1. The molecule has 0 aliphatic heterocycles. The number of carbonyl (C=O) groups excluding carboxylic acids is 1. The predicted octanol–water partition coefficient (Wildman–Crippen LogP) is 5.08. The molecule has 0 N–H and O–H groups in total. The van der Waals surface area contributed by atoms with Gasteiger partial charge in [0.1, 0.15) is 10.8 Å². The molecule has 3 aromatic heterocycles. The standard InChI is InChI=1S/C21H14F2N4O2S2/c22-15-4-3-14(30-15)12-1-2-13-20(19(12)23)31-18(25-13)8-17-27-26-16(29-17)7-11(28)9-21(10-24)5-6-21/h1-4H,5-9H2. The topological polar surface area (TPSA) is 92.7 Å². The van der Waals surface area contributed by atoms with E-state index in [1.807, 2.05) is 0 Å². The first kappa shape index (κ1) is 19.9. The summed E-state index contributed by atoms with van der Waals surface area (Å²) in [5, 5.41) is 17.2. The Kier molecular flexibility index (Phi) is 4.87. The molecule has 0 amide bonds. The van der Waals surface area contributed by atoms with Crippen molar-refractivity contribution in [2.45, 2.75) is 32.1 Å². The fourth-order valence-electron chi connectivity index (χ4n) is 3.38. The summed E-state index contributed by atoms with van der Waals surface area (Å²) in [5.41, 5.74) is 0.332. The summed E-state index contributed by atoms with van der Waals surface area (Å²) in [4.78, 5) is 17.1. The molecule has 0 atom stereocenters. The SMILES string of the molecule is N#CC1(CC(=O)Cc2nnc(Cc3nc4ccc(-c5ccc(F)s5)c(F)c4s3)o2)CC1. The Balaban J connectivity index is 1.31. The van der Waals surface area contributed by atoms with Crippen LogP contribution in [0.25, 0.3) is 20.7 Å². The quantitative estimate of drug-likeness (QED) is 0.385. The number of halogens is 2. The maximum absolute atomic E-state index is 15.0. The average Bonchev–Trinajstić information content (AvgIpc) is 3.07. The third kappa shape index (κ3) is 3.98. The van der Waals surface area contributed by atoms with Crippen molar-refractivity contribution in [3.05, 3.63) is 52.0 Å². The number of aromatic nitrogens is 3. The number of hydrogen-bond donors (Lipinski definition) is 0. The summed E-state index contributed by atoms with van der Waals surface area (Å²) in [6.07, 6.45) is 1.91. The lowest BCUT2D eigenvalue weighted by Crippen LogP contribution is -2.10. The Morgan fingerprint density at radius 2 is 1.97 bits per heavy atom. The minimum absolute atomic E-state index is 0.00830. The van der Waals surface area contributed by atoms with Gasteiger partial charge in [-0.2, -0.15) is 9.65 Å². The van der Waals surface area contributed by atoms with Crippen molar-refractivity contribution in [1.82, 2.24) is 15.2 Å². The number of nitriles is 1. The van der Waals surface area contributed by atoms with Gasteiger partial charge in [0.25, 0.3) is 0 Å². The van der Waals surface area contributed by atoms with Crippen LogP contribution < -0.4 is 0 Å². The number of carbonyl (C=O) groups is 1. The molecule has 1 aliphatic rings. The van der Waals surface area contributed by atoms with Crippen molar-refractivity contribution in [3.63, 3.8) is 0 Å². The van der Waals surface area contributed by atoms with Crippen LogP contribution in [-0.2, 0) is 17.6 Å². The van der Waals surface area contributed by atoms with E-state index in [2.05, 4.69) is 21.3 Å². The van der Waals surface area contributed by atoms with Gasteiger partial charge in [0.15, 0.2) is 10.9 Å². The first-order chi connectivity index (χ1) is 14.9. The first-order valence-corrected chi connectivity index (χ1v) is 11.2.